The Morgan fingerprint density at radius 3 is 2.57 bits per heavy atom. The Bertz CT molecular complexity index is 584. The molecule has 1 saturated heterocycles. The maximum absolute atomic E-state index is 12.7. The highest BCUT2D eigenvalue weighted by molar-refractivity contribution is 7.89. The van der Waals surface area contributed by atoms with E-state index in [0.29, 0.717) is 32.2 Å². The van der Waals surface area contributed by atoms with E-state index in [1.165, 1.54) is 4.31 Å². The number of piperidine rings is 1. The monoisotopic (exact) mass is 332 g/mol. The van der Waals surface area contributed by atoms with Crippen molar-refractivity contribution in [3.05, 3.63) is 28.8 Å². The van der Waals surface area contributed by atoms with Crippen molar-refractivity contribution in [1.82, 2.24) is 4.31 Å². The molecule has 0 aromatic heterocycles. The molecule has 0 aliphatic carbocycles. The van der Waals surface area contributed by atoms with E-state index in [2.05, 4.69) is 0 Å². The van der Waals surface area contributed by atoms with Gasteiger partial charge in [0.15, 0.2) is 0 Å². The Labute approximate surface area is 131 Å². The Kier molecular flexibility index (Phi) is 5.62. The third kappa shape index (κ3) is 3.76. The zero-order chi connectivity index (χ0) is 15.5. The van der Waals surface area contributed by atoms with Gasteiger partial charge < -0.3 is 10.5 Å². The number of hydrogen-bond acceptors (Lipinski definition) is 4. The molecule has 2 N–H and O–H groups in total. The van der Waals surface area contributed by atoms with E-state index in [0.717, 1.165) is 18.4 Å². The molecule has 7 heteroatoms. The lowest BCUT2D eigenvalue weighted by molar-refractivity contribution is 0.121. The van der Waals surface area contributed by atoms with E-state index >= 15 is 0 Å². The van der Waals surface area contributed by atoms with Crippen LogP contribution in [0.4, 0.5) is 0 Å². The van der Waals surface area contributed by atoms with Crippen LogP contribution in [0.15, 0.2) is 23.1 Å². The van der Waals surface area contributed by atoms with Gasteiger partial charge in [0.1, 0.15) is 4.90 Å². The zero-order valence-corrected chi connectivity index (χ0v) is 13.7. The van der Waals surface area contributed by atoms with Crippen molar-refractivity contribution in [2.75, 3.05) is 26.8 Å². The summed E-state index contributed by atoms with van der Waals surface area (Å²) in [6.07, 6.45) is 1.62. The number of sulfonamides is 1. The summed E-state index contributed by atoms with van der Waals surface area (Å²) < 4.78 is 31.9. The molecule has 0 atom stereocenters. The molecule has 0 amide bonds. The van der Waals surface area contributed by atoms with Crippen LogP contribution in [0.2, 0.25) is 5.02 Å². The Hall–Kier alpha value is -0.660. The van der Waals surface area contributed by atoms with Crippen molar-refractivity contribution >= 4 is 21.6 Å². The van der Waals surface area contributed by atoms with Crippen LogP contribution in [0.1, 0.15) is 18.4 Å². The number of halogens is 1. The van der Waals surface area contributed by atoms with Crippen molar-refractivity contribution in [3.8, 4) is 0 Å². The van der Waals surface area contributed by atoms with Gasteiger partial charge in [-0.15, -0.1) is 0 Å². The molecule has 5 nitrogen and oxygen atoms in total. The molecule has 0 saturated carbocycles. The lowest BCUT2D eigenvalue weighted by Crippen LogP contribution is -2.39. The standard InChI is InChI=1S/C14H21ClN2O3S/c1-20-10-11-4-6-17(7-5-11)21(18,19)14-3-2-12(9-16)8-13(14)15/h2-3,8,11H,4-7,9-10,16H2,1H3. The summed E-state index contributed by atoms with van der Waals surface area (Å²) in [6, 6.07) is 4.86. The summed E-state index contributed by atoms with van der Waals surface area (Å²) in [5, 5.41) is 0.233. The molecular formula is C14H21ClN2O3S. The quantitative estimate of drug-likeness (QED) is 0.893. The molecule has 1 aliphatic rings. The molecule has 21 heavy (non-hydrogen) atoms. The first-order valence-electron chi connectivity index (χ1n) is 6.96. The van der Waals surface area contributed by atoms with Gasteiger partial charge in [0.25, 0.3) is 0 Å². The number of ether oxygens (including phenoxy) is 1. The maximum Gasteiger partial charge on any atom is 0.244 e. The summed E-state index contributed by atoms with van der Waals surface area (Å²) in [5.41, 5.74) is 6.35. The molecule has 118 valence electrons. The van der Waals surface area contributed by atoms with E-state index in [4.69, 9.17) is 22.1 Å². The highest BCUT2D eigenvalue weighted by atomic mass is 35.5. The molecule has 2 rings (SSSR count). The number of rotatable bonds is 5. The van der Waals surface area contributed by atoms with Crippen LogP contribution in [0, 0.1) is 5.92 Å². The smallest absolute Gasteiger partial charge is 0.244 e. The van der Waals surface area contributed by atoms with Crippen LogP contribution < -0.4 is 5.73 Å². The molecule has 1 fully saturated rings. The fraction of sp³-hybridized carbons (Fsp3) is 0.571. The van der Waals surface area contributed by atoms with Gasteiger partial charge in [-0.05, 0) is 36.5 Å². The van der Waals surface area contributed by atoms with Crippen LogP contribution in [0.25, 0.3) is 0 Å². The zero-order valence-electron chi connectivity index (χ0n) is 12.1. The third-order valence-corrected chi connectivity index (χ3v) is 6.21. The Balaban J connectivity index is 2.16. The summed E-state index contributed by atoms with van der Waals surface area (Å²) in [7, 11) is -1.87. The average Bonchev–Trinajstić information content (AvgIpc) is 2.47. The van der Waals surface area contributed by atoms with Gasteiger partial charge in [-0.25, -0.2) is 8.42 Å². The fourth-order valence-corrected chi connectivity index (χ4v) is 4.58. The summed E-state index contributed by atoms with van der Waals surface area (Å²) in [4.78, 5) is 0.159. The molecule has 0 bridgehead atoms. The molecule has 0 unspecified atom stereocenters. The van der Waals surface area contributed by atoms with Crippen LogP contribution in [-0.4, -0.2) is 39.5 Å². The maximum atomic E-state index is 12.7. The van der Waals surface area contributed by atoms with Crippen molar-refractivity contribution in [2.24, 2.45) is 11.7 Å². The van der Waals surface area contributed by atoms with Crippen LogP contribution >= 0.6 is 11.6 Å². The van der Waals surface area contributed by atoms with Gasteiger partial charge in [-0.3, -0.25) is 0 Å². The first-order chi connectivity index (χ1) is 9.98. The lowest BCUT2D eigenvalue weighted by Gasteiger charge is -2.31. The molecule has 0 spiro atoms. The number of methoxy groups -OCH3 is 1. The van der Waals surface area contributed by atoms with Gasteiger partial charge in [-0.1, -0.05) is 17.7 Å². The van der Waals surface area contributed by atoms with Crippen LogP contribution in [0.5, 0.6) is 0 Å². The molecule has 0 radical (unpaired) electrons. The Morgan fingerprint density at radius 1 is 1.38 bits per heavy atom. The second-order valence-corrected chi connectivity index (χ2v) is 7.59. The van der Waals surface area contributed by atoms with Crippen molar-refractivity contribution in [1.29, 1.82) is 0 Å². The van der Waals surface area contributed by atoms with Gasteiger partial charge in [0, 0.05) is 33.4 Å². The van der Waals surface area contributed by atoms with Crippen molar-refractivity contribution in [2.45, 2.75) is 24.3 Å². The molecule has 1 aliphatic heterocycles. The highest BCUT2D eigenvalue weighted by Gasteiger charge is 2.30. The van der Waals surface area contributed by atoms with E-state index < -0.39 is 10.0 Å². The average molecular weight is 333 g/mol. The van der Waals surface area contributed by atoms with Crippen molar-refractivity contribution in [3.63, 3.8) is 0 Å². The first kappa shape index (κ1) is 16.7. The van der Waals surface area contributed by atoms with Gasteiger partial charge in [0.2, 0.25) is 10.0 Å². The fourth-order valence-electron chi connectivity index (χ4n) is 2.57. The predicted octanol–water partition coefficient (Wildman–Crippen LogP) is 1.85. The molecule has 1 heterocycles. The molecule has 1 aromatic rings. The minimum absolute atomic E-state index is 0.159. The van der Waals surface area contributed by atoms with E-state index in [1.54, 1.807) is 25.3 Å². The second kappa shape index (κ2) is 7.07. The first-order valence-corrected chi connectivity index (χ1v) is 8.78. The Morgan fingerprint density at radius 2 is 2.05 bits per heavy atom. The van der Waals surface area contributed by atoms with Gasteiger partial charge in [0.05, 0.1) is 5.02 Å². The lowest BCUT2D eigenvalue weighted by atomic mass is 9.99. The summed E-state index contributed by atoms with van der Waals surface area (Å²) in [6.45, 7) is 2.03. The number of nitrogens with zero attached hydrogens (tertiary/aromatic N) is 1. The van der Waals surface area contributed by atoms with Crippen LogP contribution in [0.3, 0.4) is 0 Å². The number of hydrogen-bond donors (Lipinski definition) is 1. The molecular weight excluding hydrogens is 312 g/mol. The van der Waals surface area contributed by atoms with E-state index in [9.17, 15) is 8.42 Å². The third-order valence-electron chi connectivity index (χ3n) is 3.83. The number of nitrogens with two attached hydrogens (primary N) is 1. The van der Waals surface area contributed by atoms with Crippen molar-refractivity contribution < 1.29 is 13.2 Å². The normalized spacial score (nSPS) is 18.0. The predicted molar refractivity (Wildman–Crippen MR) is 82.7 cm³/mol. The van der Waals surface area contributed by atoms with Gasteiger partial charge >= 0.3 is 0 Å². The summed E-state index contributed by atoms with van der Waals surface area (Å²) in [5.74, 6) is 0.427. The topological polar surface area (TPSA) is 72.6 Å². The van der Waals surface area contributed by atoms with E-state index in [-0.39, 0.29) is 9.92 Å². The van der Waals surface area contributed by atoms with E-state index in [1.807, 2.05) is 0 Å². The highest BCUT2D eigenvalue weighted by Crippen LogP contribution is 2.29. The van der Waals surface area contributed by atoms with Gasteiger partial charge in [-0.2, -0.15) is 4.31 Å². The summed E-state index contributed by atoms with van der Waals surface area (Å²) >= 11 is 6.11. The largest absolute Gasteiger partial charge is 0.384 e. The van der Waals surface area contributed by atoms with Crippen LogP contribution in [-0.2, 0) is 21.3 Å². The second-order valence-electron chi connectivity index (χ2n) is 5.27. The minimum atomic E-state index is -3.54. The SMILES string of the molecule is COCC1CCN(S(=O)(=O)c2ccc(CN)cc2Cl)CC1. The minimum Gasteiger partial charge on any atom is -0.384 e. The number of benzene rings is 1. The molecule has 1 aromatic carbocycles.